The fraction of sp³-hybridized carbons (Fsp3) is 0.308. The van der Waals surface area contributed by atoms with E-state index < -0.39 is 6.04 Å². The van der Waals surface area contributed by atoms with Crippen molar-refractivity contribution in [1.29, 1.82) is 0 Å². The smallest absolute Gasteiger partial charge is 0.255 e. The first-order chi connectivity index (χ1) is 22.9. The number of carbonyl (C=O) groups is 1. The van der Waals surface area contributed by atoms with Gasteiger partial charge < -0.3 is 24.8 Å². The van der Waals surface area contributed by atoms with Crippen LogP contribution in [0.5, 0.6) is 5.75 Å². The number of piperazine rings is 1. The lowest BCUT2D eigenvalue weighted by molar-refractivity contribution is 0.0727. The van der Waals surface area contributed by atoms with Gasteiger partial charge >= 0.3 is 0 Å². The Morgan fingerprint density at radius 1 is 0.830 bits per heavy atom. The maximum absolute atomic E-state index is 14.2. The standard InChI is InChI=1S/C39H40ClN5O2/c1-42-16-14-32(15-17-42)44-20-18-43(19-21-44)31-11-8-26(9-12-31)27-6-7-29-25-45(39(47)33(29)22-27)38(34-24-30(40)10-13-37(34)46)36-23-28-4-2-3-5-35(28)41-36/h2-13,22-24,32,38,41,46H,14-21,25H2,1H3. The highest BCUT2D eigenvalue weighted by Crippen LogP contribution is 2.41. The van der Waals surface area contributed by atoms with E-state index in [-0.39, 0.29) is 11.7 Å². The van der Waals surface area contributed by atoms with E-state index in [9.17, 15) is 9.90 Å². The number of aromatic nitrogens is 1. The van der Waals surface area contributed by atoms with Crippen molar-refractivity contribution in [3.63, 3.8) is 0 Å². The van der Waals surface area contributed by atoms with Crippen LogP contribution in [0.1, 0.15) is 46.1 Å². The average Bonchev–Trinajstić information content (AvgIpc) is 3.67. The molecule has 47 heavy (non-hydrogen) atoms. The van der Waals surface area contributed by atoms with Crippen molar-refractivity contribution < 1.29 is 9.90 Å². The maximum atomic E-state index is 14.2. The van der Waals surface area contributed by atoms with Gasteiger partial charge in [-0.05, 0) is 104 Å². The van der Waals surface area contributed by atoms with Crippen LogP contribution in [-0.2, 0) is 6.54 Å². The number of aromatic hydroxyl groups is 1. The molecule has 0 bridgehead atoms. The lowest BCUT2D eigenvalue weighted by atomic mass is 9.99. The number of phenolic OH excluding ortho intramolecular Hbond substituents is 1. The summed E-state index contributed by atoms with van der Waals surface area (Å²) in [6.45, 7) is 7.17. The molecule has 1 amide bonds. The minimum absolute atomic E-state index is 0.0658. The zero-order chi connectivity index (χ0) is 32.1. The molecule has 240 valence electrons. The zero-order valence-electron chi connectivity index (χ0n) is 26.7. The summed E-state index contributed by atoms with van der Waals surface area (Å²) in [6, 6.07) is 30.3. The molecule has 3 aliphatic heterocycles. The van der Waals surface area contributed by atoms with E-state index in [1.54, 1.807) is 18.2 Å². The Bertz CT molecular complexity index is 1890. The third-order valence-corrected chi connectivity index (χ3v) is 10.7. The molecule has 8 heteroatoms. The number of nitrogens with one attached hydrogen (secondary N) is 1. The number of fused-ring (bicyclic) bond motifs is 2. The van der Waals surface area contributed by atoms with Gasteiger partial charge in [-0.3, -0.25) is 9.69 Å². The second-order valence-corrected chi connectivity index (χ2v) is 13.8. The summed E-state index contributed by atoms with van der Waals surface area (Å²) in [5, 5.41) is 12.5. The van der Waals surface area contributed by atoms with E-state index in [2.05, 4.69) is 69.2 Å². The predicted octanol–water partition coefficient (Wildman–Crippen LogP) is 7.16. The second-order valence-electron chi connectivity index (χ2n) is 13.3. The number of amides is 1. The topological polar surface area (TPSA) is 66.0 Å². The Hall–Kier alpha value is -4.30. The van der Waals surface area contributed by atoms with Crippen LogP contribution >= 0.6 is 11.6 Å². The number of nitrogens with zero attached hydrogens (tertiary/aromatic N) is 4. The molecular formula is C39H40ClN5O2. The molecule has 2 fully saturated rings. The zero-order valence-corrected chi connectivity index (χ0v) is 27.5. The van der Waals surface area contributed by atoms with E-state index in [0.29, 0.717) is 22.7 Å². The van der Waals surface area contributed by atoms with Crippen LogP contribution in [0.4, 0.5) is 5.69 Å². The van der Waals surface area contributed by atoms with Crippen LogP contribution in [0.2, 0.25) is 5.02 Å². The van der Waals surface area contributed by atoms with E-state index in [1.807, 2.05) is 35.2 Å². The molecule has 1 unspecified atom stereocenters. The number of benzene rings is 4. The molecule has 0 saturated carbocycles. The first-order valence-corrected chi connectivity index (χ1v) is 17.1. The van der Waals surface area contributed by atoms with Crippen LogP contribution in [-0.4, -0.2) is 83.1 Å². The van der Waals surface area contributed by atoms with Gasteiger partial charge in [0.15, 0.2) is 0 Å². The molecule has 4 heterocycles. The predicted molar refractivity (Wildman–Crippen MR) is 189 cm³/mol. The van der Waals surface area contributed by atoms with Gasteiger partial charge in [0.25, 0.3) is 5.91 Å². The Morgan fingerprint density at radius 2 is 1.57 bits per heavy atom. The molecule has 0 aliphatic carbocycles. The summed E-state index contributed by atoms with van der Waals surface area (Å²) in [6.07, 6.45) is 2.55. The Kier molecular flexibility index (Phi) is 7.92. The number of para-hydroxylation sites is 1. The Labute approximate surface area is 281 Å². The van der Waals surface area contributed by atoms with Crippen LogP contribution in [0.3, 0.4) is 0 Å². The first kappa shape index (κ1) is 30.1. The fourth-order valence-electron chi connectivity index (χ4n) is 7.77. The lowest BCUT2D eigenvalue weighted by Crippen LogP contribution is -2.52. The summed E-state index contributed by atoms with van der Waals surface area (Å²) >= 11 is 6.42. The minimum Gasteiger partial charge on any atom is -0.508 e. The Balaban J connectivity index is 1.02. The third kappa shape index (κ3) is 5.77. The van der Waals surface area contributed by atoms with E-state index in [4.69, 9.17) is 11.6 Å². The number of anilines is 1. The van der Waals surface area contributed by atoms with Gasteiger partial charge in [-0.25, -0.2) is 0 Å². The molecule has 1 aromatic heterocycles. The highest BCUT2D eigenvalue weighted by Gasteiger charge is 2.37. The van der Waals surface area contributed by atoms with Gasteiger partial charge in [-0.15, -0.1) is 0 Å². The summed E-state index contributed by atoms with van der Waals surface area (Å²) in [5.74, 6) is 0.0369. The van der Waals surface area contributed by atoms with Gasteiger partial charge in [0, 0.05) is 71.8 Å². The van der Waals surface area contributed by atoms with Crippen molar-refractivity contribution in [1.82, 2.24) is 19.7 Å². The summed E-state index contributed by atoms with van der Waals surface area (Å²) in [7, 11) is 2.23. The summed E-state index contributed by atoms with van der Waals surface area (Å²) in [4.78, 5) is 27.1. The normalized spacial score (nSPS) is 18.6. The molecule has 3 aliphatic rings. The van der Waals surface area contributed by atoms with E-state index in [1.165, 1.54) is 31.6 Å². The van der Waals surface area contributed by atoms with Crippen molar-refractivity contribution in [2.24, 2.45) is 0 Å². The van der Waals surface area contributed by atoms with E-state index >= 15 is 0 Å². The van der Waals surface area contributed by atoms with Gasteiger partial charge in [-0.1, -0.05) is 54.1 Å². The fourth-order valence-corrected chi connectivity index (χ4v) is 7.95. The van der Waals surface area contributed by atoms with Crippen molar-refractivity contribution in [2.45, 2.75) is 31.5 Å². The number of hydrogen-bond acceptors (Lipinski definition) is 5. The van der Waals surface area contributed by atoms with Gasteiger partial charge in [0.2, 0.25) is 0 Å². The number of aromatic amines is 1. The maximum Gasteiger partial charge on any atom is 0.255 e. The molecule has 1 atom stereocenters. The number of H-pyrrole nitrogens is 1. The highest BCUT2D eigenvalue weighted by atomic mass is 35.5. The molecule has 0 radical (unpaired) electrons. The molecule has 2 N–H and O–H groups in total. The molecular weight excluding hydrogens is 606 g/mol. The summed E-state index contributed by atoms with van der Waals surface area (Å²) in [5.41, 5.74) is 7.42. The van der Waals surface area contributed by atoms with Crippen LogP contribution < -0.4 is 4.90 Å². The van der Waals surface area contributed by atoms with Gasteiger partial charge in [-0.2, -0.15) is 0 Å². The molecule has 0 spiro atoms. The number of carbonyl (C=O) groups excluding carboxylic acids is 1. The van der Waals surface area contributed by atoms with E-state index in [0.717, 1.165) is 65.5 Å². The summed E-state index contributed by atoms with van der Waals surface area (Å²) < 4.78 is 0. The van der Waals surface area contributed by atoms with Crippen molar-refractivity contribution in [2.75, 3.05) is 51.2 Å². The number of likely N-dealkylation sites (tertiary alicyclic amines) is 1. The van der Waals surface area contributed by atoms with Gasteiger partial charge in [0.1, 0.15) is 11.8 Å². The first-order valence-electron chi connectivity index (χ1n) is 16.7. The van der Waals surface area contributed by atoms with Crippen LogP contribution in [0, 0.1) is 0 Å². The molecule has 8 rings (SSSR count). The quantitative estimate of drug-likeness (QED) is 0.205. The lowest BCUT2D eigenvalue weighted by Gasteiger charge is -2.42. The van der Waals surface area contributed by atoms with Crippen molar-refractivity contribution in [3.8, 4) is 16.9 Å². The highest BCUT2D eigenvalue weighted by molar-refractivity contribution is 6.30. The SMILES string of the molecule is CN1CCC(N2CCN(c3ccc(-c4ccc5c(c4)C(=O)N(C(c4cc6ccccc6[nH]4)c4cc(Cl)ccc4O)C5)cc3)CC2)CC1. The molecule has 7 nitrogen and oxygen atoms in total. The Morgan fingerprint density at radius 3 is 2.34 bits per heavy atom. The minimum atomic E-state index is -0.538. The monoisotopic (exact) mass is 645 g/mol. The van der Waals surface area contributed by atoms with Crippen LogP contribution in [0.25, 0.3) is 22.0 Å². The second kappa shape index (κ2) is 12.4. The molecule has 4 aromatic carbocycles. The number of piperidine rings is 1. The molecule has 5 aromatic rings. The van der Waals surface area contributed by atoms with Crippen LogP contribution in [0.15, 0.2) is 91.0 Å². The van der Waals surface area contributed by atoms with Crippen molar-refractivity contribution in [3.05, 3.63) is 118 Å². The van der Waals surface area contributed by atoms with Crippen molar-refractivity contribution >= 4 is 34.1 Å². The molecule has 2 saturated heterocycles. The van der Waals surface area contributed by atoms with Gasteiger partial charge in [0.05, 0.1) is 0 Å². The number of halogens is 1. The number of hydrogen-bond donors (Lipinski definition) is 2. The largest absolute Gasteiger partial charge is 0.508 e. The average molecular weight is 646 g/mol. The number of phenols is 1. The number of rotatable bonds is 6. The third-order valence-electron chi connectivity index (χ3n) is 10.5.